The largest absolute Gasteiger partial charge is 0.353 e. The molecule has 0 atom stereocenters. The molecule has 6 rings (SSSR count). The van der Waals surface area contributed by atoms with Crippen molar-refractivity contribution in [3.05, 3.63) is 60.1 Å². The molecule has 2 aliphatic rings. The van der Waals surface area contributed by atoms with Crippen molar-refractivity contribution in [2.24, 2.45) is 0 Å². The first-order valence-corrected chi connectivity index (χ1v) is 13.2. The second-order valence-corrected chi connectivity index (χ2v) is 9.99. The van der Waals surface area contributed by atoms with Gasteiger partial charge in [-0.1, -0.05) is 36.4 Å². The summed E-state index contributed by atoms with van der Waals surface area (Å²) in [5.41, 5.74) is 3.11. The van der Waals surface area contributed by atoms with Gasteiger partial charge in [-0.25, -0.2) is 9.97 Å². The zero-order chi connectivity index (χ0) is 23.6. The summed E-state index contributed by atoms with van der Waals surface area (Å²) in [5, 5.41) is 3.29. The third-order valence-electron chi connectivity index (χ3n) is 6.88. The molecule has 2 saturated heterocycles. The minimum absolute atomic E-state index is 0.266. The highest BCUT2D eigenvalue weighted by Crippen LogP contribution is 2.39. The summed E-state index contributed by atoms with van der Waals surface area (Å²) in [6.45, 7) is 5.67. The number of likely N-dealkylation sites (tertiary alicyclic amines) is 1. The molecule has 0 unspecified atom stereocenters. The lowest BCUT2D eigenvalue weighted by Crippen LogP contribution is -2.50. The molecule has 1 amide bonds. The van der Waals surface area contributed by atoms with E-state index in [0.717, 1.165) is 73.8 Å². The molecule has 7 nitrogen and oxygen atoms in total. The molecule has 3 aromatic heterocycles. The van der Waals surface area contributed by atoms with Crippen LogP contribution in [0.5, 0.6) is 0 Å². The topological polar surface area (TPSA) is 65.5 Å². The van der Waals surface area contributed by atoms with Crippen LogP contribution in [-0.4, -0.2) is 76.5 Å². The van der Waals surface area contributed by atoms with Crippen LogP contribution in [0, 0.1) is 0 Å². The molecule has 0 N–H and O–H groups in total. The second-order valence-electron chi connectivity index (χ2n) is 9.13. The van der Waals surface area contributed by atoms with Gasteiger partial charge in [-0.2, -0.15) is 0 Å². The molecule has 5 heterocycles. The van der Waals surface area contributed by atoms with Crippen molar-refractivity contribution >= 4 is 33.3 Å². The molecule has 0 bridgehead atoms. The Morgan fingerprint density at radius 1 is 0.886 bits per heavy atom. The van der Waals surface area contributed by atoms with Crippen LogP contribution in [-0.2, 0) is 4.79 Å². The number of hydrogen-bond donors (Lipinski definition) is 0. The zero-order valence-electron chi connectivity index (χ0n) is 19.6. The molecule has 4 aromatic rings. The molecule has 0 radical (unpaired) electrons. The van der Waals surface area contributed by atoms with Crippen LogP contribution in [0.4, 0.5) is 5.82 Å². The predicted molar refractivity (Wildman–Crippen MR) is 141 cm³/mol. The number of fused-ring (bicyclic) bond motifs is 1. The number of pyridine rings is 1. The molecular formula is C27H28N6OS. The number of carbonyl (C=O) groups excluding carboxylic acids is 1. The predicted octanol–water partition coefficient (Wildman–Crippen LogP) is 4.16. The lowest BCUT2D eigenvalue weighted by atomic mass is 10.1. The van der Waals surface area contributed by atoms with E-state index in [4.69, 9.17) is 9.97 Å². The molecule has 0 aliphatic carbocycles. The van der Waals surface area contributed by atoms with E-state index < -0.39 is 0 Å². The standard InChI is InChI=1S/C27H28N6OS/c34-23(32-12-6-7-13-32)18-31-14-16-33(17-15-31)26-24-21(20-8-2-1-3-9-20)19-35-27(24)30-25(29-26)22-10-4-5-11-28-22/h1-5,8-11,19H,6-7,12-18H2. The highest BCUT2D eigenvalue weighted by atomic mass is 32.1. The maximum absolute atomic E-state index is 12.7. The average Bonchev–Trinajstić information content (AvgIpc) is 3.60. The zero-order valence-corrected chi connectivity index (χ0v) is 20.5. The summed E-state index contributed by atoms with van der Waals surface area (Å²) in [4.78, 5) is 34.7. The normalized spacial score (nSPS) is 16.8. The number of amides is 1. The van der Waals surface area contributed by atoms with Gasteiger partial charge in [0, 0.05) is 56.4 Å². The van der Waals surface area contributed by atoms with Crippen molar-refractivity contribution in [3.63, 3.8) is 0 Å². The molecule has 0 spiro atoms. The number of thiophene rings is 1. The fourth-order valence-electron chi connectivity index (χ4n) is 4.97. The van der Waals surface area contributed by atoms with Crippen LogP contribution in [0.25, 0.3) is 32.9 Å². The van der Waals surface area contributed by atoms with Crippen molar-refractivity contribution in [1.82, 2.24) is 24.8 Å². The Bertz CT molecular complexity index is 1310. The SMILES string of the molecule is O=C(CN1CCN(c2nc(-c3ccccn3)nc3scc(-c4ccccc4)c23)CC1)N1CCCC1. The van der Waals surface area contributed by atoms with E-state index in [1.54, 1.807) is 17.5 Å². The van der Waals surface area contributed by atoms with E-state index in [-0.39, 0.29) is 5.91 Å². The number of aromatic nitrogens is 3. The van der Waals surface area contributed by atoms with Gasteiger partial charge in [0.2, 0.25) is 5.91 Å². The van der Waals surface area contributed by atoms with Crippen molar-refractivity contribution in [2.75, 3.05) is 50.7 Å². The van der Waals surface area contributed by atoms with Gasteiger partial charge in [-0.05, 0) is 30.5 Å². The maximum Gasteiger partial charge on any atom is 0.236 e. The average molecular weight is 485 g/mol. The minimum Gasteiger partial charge on any atom is -0.353 e. The van der Waals surface area contributed by atoms with Gasteiger partial charge in [0.15, 0.2) is 5.82 Å². The van der Waals surface area contributed by atoms with Crippen molar-refractivity contribution < 1.29 is 4.79 Å². The first kappa shape index (κ1) is 22.1. The Morgan fingerprint density at radius 2 is 1.66 bits per heavy atom. The van der Waals surface area contributed by atoms with E-state index in [1.165, 1.54) is 11.1 Å². The first-order chi connectivity index (χ1) is 17.3. The van der Waals surface area contributed by atoms with Gasteiger partial charge >= 0.3 is 0 Å². The number of hydrogen-bond acceptors (Lipinski definition) is 7. The van der Waals surface area contributed by atoms with E-state index in [0.29, 0.717) is 12.4 Å². The molecule has 0 saturated carbocycles. The number of anilines is 1. The monoisotopic (exact) mass is 484 g/mol. The summed E-state index contributed by atoms with van der Waals surface area (Å²) >= 11 is 1.65. The van der Waals surface area contributed by atoms with Gasteiger partial charge in [0.25, 0.3) is 0 Å². The minimum atomic E-state index is 0.266. The molecule has 1 aromatic carbocycles. The van der Waals surface area contributed by atoms with Crippen LogP contribution in [0.15, 0.2) is 60.1 Å². The molecule has 178 valence electrons. The summed E-state index contributed by atoms with van der Waals surface area (Å²) in [7, 11) is 0. The van der Waals surface area contributed by atoms with Crippen LogP contribution in [0.1, 0.15) is 12.8 Å². The number of benzene rings is 1. The van der Waals surface area contributed by atoms with Crippen LogP contribution in [0.3, 0.4) is 0 Å². The van der Waals surface area contributed by atoms with Crippen LogP contribution >= 0.6 is 11.3 Å². The summed E-state index contributed by atoms with van der Waals surface area (Å²) in [6, 6.07) is 16.3. The second kappa shape index (κ2) is 9.71. The maximum atomic E-state index is 12.7. The number of carbonyl (C=O) groups is 1. The van der Waals surface area contributed by atoms with E-state index in [2.05, 4.69) is 44.4 Å². The number of nitrogens with zero attached hydrogens (tertiary/aromatic N) is 6. The van der Waals surface area contributed by atoms with Crippen molar-refractivity contribution in [2.45, 2.75) is 12.8 Å². The Hall–Kier alpha value is -3.36. The highest BCUT2D eigenvalue weighted by Gasteiger charge is 2.26. The molecular weight excluding hydrogens is 456 g/mol. The van der Waals surface area contributed by atoms with Gasteiger partial charge in [0.1, 0.15) is 16.3 Å². The number of piperazine rings is 1. The fraction of sp³-hybridized carbons (Fsp3) is 0.333. The number of rotatable bonds is 5. The quantitative estimate of drug-likeness (QED) is 0.424. The van der Waals surface area contributed by atoms with Gasteiger partial charge in [-0.15, -0.1) is 11.3 Å². The Kier molecular flexibility index (Phi) is 6.14. The van der Waals surface area contributed by atoms with E-state index >= 15 is 0 Å². The van der Waals surface area contributed by atoms with Crippen molar-refractivity contribution in [3.8, 4) is 22.6 Å². The summed E-state index contributed by atoms with van der Waals surface area (Å²) < 4.78 is 0. The van der Waals surface area contributed by atoms with E-state index in [9.17, 15) is 4.79 Å². The highest BCUT2D eigenvalue weighted by molar-refractivity contribution is 7.17. The Balaban J connectivity index is 1.32. The Labute approximate surface area is 209 Å². The van der Waals surface area contributed by atoms with Crippen LogP contribution < -0.4 is 4.90 Å². The third kappa shape index (κ3) is 4.51. The molecule has 8 heteroatoms. The molecule has 2 fully saturated rings. The van der Waals surface area contributed by atoms with E-state index in [1.807, 2.05) is 29.2 Å². The Morgan fingerprint density at radius 3 is 2.40 bits per heavy atom. The molecule has 2 aliphatic heterocycles. The lowest BCUT2D eigenvalue weighted by Gasteiger charge is -2.36. The lowest BCUT2D eigenvalue weighted by molar-refractivity contribution is -0.131. The summed E-state index contributed by atoms with van der Waals surface area (Å²) in [5.74, 6) is 1.88. The van der Waals surface area contributed by atoms with Gasteiger partial charge < -0.3 is 9.80 Å². The first-order valence-electron chi connectivity index (χ1n) is 12.3. The molecule has 35 heavy (non-hydrogen) atoms. The van der Waals surface area contributed by atoms with Gasteiger partial charge in [0.05, 0.1) is 11.9 Å². The van der Waals surface area contributed by atoms with Crippen molar-refractivity contribution in [1.29, 1.82) is 0 Å². The third-order valence-corrected chi connectivity index (χ3v) is 7.75. The summed E-state index contributed by atoms with van der Waals surface area (Å²) in [6.07, 6.45) is 4.04. The van der Waals surface area contributed by atoms with Gasteiger partial charge in [-0.3, -0.25) is 14.7 Å². The fourth-order valence-corrected chi connectivity index (χ4v) is 5.91. The smallest absolute Gasteiger partial charge is 0.236 e. The van der Waals surface area contributed by atoms with Crippen LogP contribution in [0.2, 0.25) is 0 Å².